The number of anilines is 1. The summed E-state index contributed by atoms with van der Waals surface area (Å²) < 4.78 is 0.896. The predicted octanol–water partition coefficient (Wildman–Crippen LogP) is 4.17. The number of nitrogens with one attached hydrogen (secondary N) is 1. The van der Waals surface area contributed by atoms with E-state index in [0.29, 0.717) is 5.02 Å². The largest absolute Gasteiger partial charge is 0.379 e. The molecule has 0 radical (unpaired) electrons. The van der Waals surface area contributed by atoms with Crippen LogP contribution in [0.15, 0.2) is 33.6 Å². The Morgan fingerprint density at radius 1 is 1.47 bits per heavy atom. The summed E-state index contributed by atoms with van der Waals surface area (Å²) >= 11 is 10.9. The number of hydrogen-bond acceptors (Lipinski definition) is 3. The lowest BCUT2D eigenvalue weighted by Gasteiger charge is -2.05. The van der Waals surface area contributed by atoms with E-state index in [4.69, 9.17) is 11.6 Å². The minimum absolute atomic E-state index is 0.717. The van der Waals surface area contributed by atoms with Crippen LogP contribution in [0.5, 0.6) is 0 Å². The Hall–Kier alpha value is -0.580. The van der Waals surface area contributed by atoms with Gasteiger partial charge in [-0.05, 0) is 34.1 Å². The van der Waals surface area contributed by atoms with Gasteiger partial charge in [0, 0.05) is 15.5 Å². The van der Waals surface area contributed by atoms with Crippen molar-refractivity contribution in [2.75, 3.05) is 5.32 Å². The fourth-order valence-electron chi connectivity index (χ4n) is 1.12. The van der Waals surface area contributed by atoms with Crippen molar-refractivity contribution in [2.45, 2.75) is 6.54 Å². The summed E-state index contributed by atoms with van der Waals surface area (Å²) in [5.41, 5.74) is 3.90. The molecule has 1 N–H and O–H groups in total. The minimum Gasteiger partial charge on any atom is -0.379 e. The molecule has 0 saturated carbocycles. The van der Waals surface area contributed by atoms with E-state index in [9.17, 15) is 0 Å². The van der Waals surface area contributed by atoms with Gasteiger partial charge in [-0.25, -0.2) is 4.98 Å². The van der Waals surface area contributed by atoms with Gasteiger partial charge in [-0.3, -0.25) is 0 Å². The fourth-order valence-corrected chi connectivity index (χ4v) is 2.18. The number of hydrogen-bond donors (Lipinski definition) is 1. The molecule has 1 aromatic carbocycles. The number of aromatic nitrogens is 1. The van der Waals surface area contributed by atoms with Gasteiger partial charge in [0.25, 0.3) is 0 Å². The highest BCUT2D eigenvalue weighted by molar-refractivity contribution is 9.10. The molecule has 2 nitrogen and oxygen atoms in total. The molecule has 0 aliphatic rings. The van der Waals surface area contributed by atoms with E-state index in [0.717, 1.165) is 22.4 Å². The average molecular weight is 304 g/mol. The van der Waals surface area contributed by atoms with Crippen molar-refractivity contribution < 1.29 is 0 Å². The zero-order valence-corrected chi connectivity index (χ0v) is 10.9. The Labute approximate surface area is 105 Å². The molecular weight excluding hydrogens is 296 g/mol. The molecule has 0 fully saturated rings. The average Bonchev–Trinajstić information content (AvgIpc) is 2.73. The summed E-state index contributed by atoms with van der Waals surface area (Å²) in [4.78, 5) is 4.19. The Morgan fingerprint density at radius 3 is 3.00 bits per heavy atom. The summed E-state index contributed by atoms with van der Waals surface area (Å²) in [5.74, 6) is 0. The summed E-state index contributed by atoms with van der Waals surface area (Å²) in [7, 11) is 0. The van der Waals surface area contributed by atoms with Crippen molar-refractivity contribution in [2.24, 2.45) is 0 Å². The first-order valence-electron chi connectivity index (χ1n) is 4.31. The normalized spacial score (nSPS) is 10.3. The van der Waals surface area contributed by atoms with E-state index in [1.807, 2.05) is 29.1 Å². The van der Waals surface area contributed by atoms with E-state index in [1.165, 1.54) is 0 Å². The standard InChI is InChI=1S/C10H8BrClN2S/c11-9-3-7(1-2-10(9)12)13-4-8-5-15-6-14-8/h1-3,5-6,13H,4H2. The van der Waals surface area contributed by atoms with Crippen LogP contribution in [-0.4, -0.2) is 4.98 Å². The molecule has 0 aliphatic heterocycles. The van der Waals surface area contributed by atoms with Crippen molar-refractivity contribution in [1.82, 2.24) is 4.98 Å². The van der Waals surface area contributed by atoms with Gasteiger partial charge in [0.05, 0.1) is 22.8 Å². The Morgan fingerprint density at radius 2 is 2.33 bits per heavy atom. The minimum atomic E-state index is 0.717. The van der Waals surface area contributed by atoms with E-state index in [1.54, 1.807) is 11.3 Å². The molecule has 1 heterocycles. The number of thiazole rings is 1. The molecule has 15 heavy (non-hydrogen) atoms. The van der Waals surface area contributed by atoms with Gasteiger partial charge >= 0.3 is 0 Å². The lowest BCUT2D eigenvalue weighted by Crippen LogP contribution is -1.99. The molecule has 0 spiro atoms. The van der Waals surface area contributed by atoms with E-state index in [-0.39, 0.29) is 0 Å². The maximum absolute atomic E-state index is 5.90. The lowest BCUT2D eigenvalue weighted by atomic mass is 10.3. The Bertz CT molecular complexity index is 445. The quantitative estimate of drug-likeness (QED) is 0.920. The van der Waals surface area contributed by atoms with Crippen molar-refractivity contribution in [3.63, 3.8) is 0 Å². The lowest BCUT2D eigenvalue weighted by molar-refractivity contribution is 1.07. The predicted molar refractivity (Wildman–Crippen MR) is 68.6 cm³/mol. The third-order valence-electron chi connectivity index (χ3n) is 1.88. The molecule has 0 saturated heterocycles. The summed E-state index contributed by atoms with van der Waals surface area (Å²) in [6, 6.07) is 5.75. The first-order valence-corrected chi connectivity index (χ1v) is 6.43. The molecule has 0 aliphatic carbocycles. The second-order valence-electron chi connectivity index (χ2n) is 2.96. The van der Waals surface area contributed by atoms with Crippen LogP contribution >= 0.6 is 38.9 Å². The highest BCUT2D eigenvalue weighted by Crippen LogP contribution is 2.25. The zero-order chi connectivity index (χ0) is 10.7. The van der Waals surface area contributed by atoms with Gasteiger partial charge in [-0.2, -0.15) is 0 Å². The second kappa shape index (κ2) is 4.96. The topological polar surface area (TPSA) is 24.9 Å². The molecule has 0 bridgehead atoms. The SMILES string of the molecule is Clc1ccc(NCc2cscn2)cc1Br. The van der Waals surface area contributed by atoms with Crippen molar-refractivity contribution in [1.29, 1.82) is 0 Å². The van der Waals surface area contributed by atoms with Crippen LogP contribution in [0.4, 0.5) is 5.69 Å². The molecule has 2 rings (SSSR count). The highest BCUT2D eigenvalue weighted by Gasteiger charge is 1.99. The molecule has 2 aromatic rings. The zero-order valence-electron chi connectivity index (χ0n) is 7.71. The van der Waals surface area contributed by atoms with Crippen molar-refractivity contribution >= 4 is 44.6 Å². The number of nitrogens with zero attached hydrogens (tertiary/aromatic N) is 1. The van der Waals surface area contributed by atoms with Crippen LogP contribution in [0.1, 0.15) is 5.69 Å². The number of halogens is 2. The van der Waals surface area contributed by atoms with Crippen molar-refractivity contribution in [3.8, 4) is 0 Å². The first kappa shape index (κ1) is 10.9. The maximum atomic E-state index is 5.90. The van der Waals surface area contributed by atoms with Gasteiger partial charge in [0.15, 0.2) is 0 Å². The second-order valence-corrected chi connectivity index (χ2v) is 4.94. The van der Waals surface area contributed by atoms with E-state index in [2.05, 4.69) is 26.2 Å². The molecule has 0 atom stereocenters. The monoisotopic (exact) mass is 302 g/mol. The maximum Gasteiger partial charge on any atom is 0.0795 e. The molecular formula is C10H8BrClN2S. The summed E-state index contributed by atoms with van der Waals surface area (Å²) in [6.45, 7) is 0.734. The van der Waals surface area contributed by atoms with Crippen LogP contribution in [-0.2, 0) is 6.54 Å². The van der Waals surface area contributed by atoms with Crippen LogP contribution in [0, 0.1) is 0 Å². The van der Waals surface area contributed by atoms with Crippen LogP contribution in [0.2, 0.25) is 5.02 Å². The molecule has 1 aromatic heterocycles. The number of rotatable bonds is 3. The van der Waals surface area contributed by atoms with Crippen LogP contribution < -0.4 is 5.32 Å². The summed E-state index contributed by atoms with van der Waals surface area (Å²) in [6.07, 6.45) is 0. The molecule has 78 valence electrons. The van der Waals surface area contributed by atoms with Gasteiger partial charge in [0.1, 0.15) is 0 Å². The van der Waals surface area contributed by atoms with Gasteiger partial charge in [-0.1, -0.05) is 11.6 Å². The van der Waals surface area contributed by atoms with Crippen LogP contribution in [0.3, 0.4) is 0 Å². The van der Waals surface area contributed by atoms with E-state index >= 15 is 0 Å². The van der Waals surface area contributed by atoms with Crippen molar-refractivity contribution in [3.05, 3.63) is 44.3 Å². The fraction of sp³-hybridized carbons (Fsp3) is 0.100. The third kappa shape index (κ3) is 2.93. The number of benzene rings is 1. The Kier molecular flexibility index (Phi) is 3.61. The third-order valence-corrected chi connectivity index (χ3v) is 3.73. The van der Waals surface area contributed by atoms with Crippen LogP contribution in [0.25, 0.3) is 0 Å². The molecule has 0 unspecified atom stereocenters. The Balaban J connectivity index is 2.02. The van der Waals surface area contributed by atoms with Gasteiger partial charge in [0.2, 0.25) is 0 Å². The van der Waals surface area contributed by atoms with Gasteiger partial charge in [-0.15, -0.1) is 11.3 Å². The summed E-state index contributed by atoms with van der Waals surface area (Å²) in [5, 5.41) is 6.01. The highest BCUT2D eigenvalue weighted by atomic mass is 79.9. The molecule has 5 heteroatoms. The van der Waals surface area contributed by atoms with Gasteiger partial charge < -0.3 is 5.32 Å². The smallest absolute Gasteiger partial charge is 0.0795 e. The van der Waals surface area contributed by atoms with E-state index < -0.39 is 0 Å². The first-order chi connectivity index (χ1) is 7.25. The molecule has 0 amide bonds.